The zero-order valence-electron chi connectivity index (χ0n) is 7.02. The van der Waals surface area contributed by atoms with E-state index in [-0.39, 0.29) is 0 Å². The van der Waals surface area contributed by atoms with Crippen LogP contribution < -0.4 is 5.32 Å². The number of aliphatic imine (C=N–C) groups is 1. The maximum atomic E-state index is 4.38. The molecule has 0 bridgehead atoms. The molecule has 1 aliphatic rings. The lowest BCUT2D eigenvalue weighted by molar-refractivity contribution is 0.725. The van der Waals surface area contributed by atoms with Gasteiger partial charge in [0.05, 0.1) is 11.7 Å². The van der Waals surface area contributed by atoms with Crippen LogP contribution in [-0.4, -0.2) is 11.8 Å². The number of nitrogens with one attached hydrogen (secondary N) is 1. The second-order valence-electron chi connectivity index (χ2n) is 2.83. The molecule has 2 heteroatoms. The quantitative estimate of drug-likeness (QED) is 0.541. The van der Waals surface area contributed by atoms with Crippen LogP contribution in [0.25, 0.3) is 0 Å². The van der Waals surface area contributed by atoms with E-state index in [1.165, 1.54) is 11.4 Å². The van der Waals surface area contributed by atoms with Crippen molar-refractivity contribution in [3.8, 4) is 0 Å². The topological polar surface area (TPSA) is 24.4 Å². The summed E-state index contributed by atoms with van der Waals surface area (Å²) in [6.45, 7) is 8.25. The summed E-state index contributed by atoms with van der Waals surface area (Å²) in [7, 11) is 0. The first-order chi connectivity index (χ1) is 4.61. The molecule has 0 saturated heterocycles. The summed E-state index contributed by atoms with van der Waals surface area (Å²) >= 11 is 0. The molecule has 1 N–H and O–H groups in total. The molecule has 0 aromatic rings. The molecule has 56 valence electrons. The van der Waals surface area contributed by atoms with Gasteiger partial charge < -0.3 is 5.32 Å². The van der Waals surface area contributed by atoms with Crippen LogP contribution in [0.1, 0.15) is 27.7 Å². The third-order valence-electron chi connectivity index (χ3n) is 1.95. The van der Waals surface area contributed by atoms with Crippen molar-refractivity contribution in [3.63, 3.8) is 0 Å². The van der Waals surface area contributed by atoms with Crippen molar-refractivity contribution in [2.24, 2.45) is 4.99 Å². The summed E-state index contributed by atoms with van der Waals surface area (Å²) in [5.74, 6) is 0. The predicted octanol–water partition coefficient (Wildman–Crippen LogP) is 1.69. The molecular weight excluding hydrogens is 124 g/mol. The maximum absolute atomic E-state index is 4.38. The number of allylic oxidation sites excluding steroid dienone is 2. The molecule has 1 atom stereocenters. The van der Waals surface area contributed by atoms with Crippen LogP contribution in [0, 0.1) is 0 Å². The Kier molecular flexibility index (Phi) is 1.79. The van der Waals surface area contributed by atoms with E-state index in [1.54, 1.807) is 0 Å². The minimum atomic E-state index is 0.406. The van der Waals surface area contributed by atoms with Gasteiger partial charge in [0.25, 0.3) is 0 Å². The molecule has 0 aromatic heterocycles. The molecule has 10 heavy (non-hydrogen) atoms. The average molecular weight is 138 g/mol. The van der Waals surface area contributed by atoms with E-state index < -0.39 is 0 Å². The second kappa shape index (κ2) is 2.45. The van der Waals surface area contributed by atoms with Gasteiger partial charge in [-0.05, 0) is 27.7 Å². The Bertz CT molecular complexity index is 201. The lowest BCUT2D eigenvalue weighted by atomic mass is 10.1. The number of hydrogen-bond acceptors (Lipinski definition) is 2. The van der Waals surface area contributed by atoms with Crippen LogP contribution in [0.15, 0.2) is 16.4 Å². The Labute approximate surface area is 62.0 Å². The van der Waals surface area contributed by atoms with Gasteiger partial charge in [0.2, 0.25) is 0 Å². The molecule has 0 spiro atoms. The van der Waals surface area contributed by atoms with E-state index in [9.17, 15) is 0 Å². The van der Waals surface area contributed by atoms with Gasteiger partial charge in [0, 0.05) is 11.4 Å². The van der Waals surface area contributed by atoms with Crippen molar-refractivity contribution in [2.75, 3.05) is 0 Å². The van der Waals surface area contributed by atoms with E-state index in [0.29, 0.717) is 6.04 Å². The molecule has 1 aliphatic heterocycles. The van der Waals surface area contributed by atoms with Gasteiger partial charge in [-0.2, -0.15) is 0 Å². The number of nitrogens with zero attached hydrogens (tertiary/aromatic N) is 1. The van der Waals surface area contributed by atoms with Crippen molar-refractivity contribution in [1.29, 1.82) is 0 Å². The Morgan fingerprint density at radius 3 is 2.40 bits per heavy atom. The lowest BCUT2D eigenvalue weighted by Gasteiger charge is -2.21. The Balaban J connectivity index is 2.88. The summed E-state index contributed by atoms with van der Waals surface area (Å²) in [6.07, 6.45) is 0. The predicted molar refractivity (Wildman–Crippen MR) is 44.1 cm³/mol. The zero-order chi connectivity index (χ0) is 7.72. The third kappa shape index (κ3) is 1.20. The van der Waals surface area contributed by atoms with Crippen molar-refractivity contribution in [1.82, 2.24) is 5.32 Å². The van der Waals surface area contributed by atoms with Gasteiger partial charge in [-0.1, -0.05) is 0 Å². The van der Waals surface area contributed by atoms with E-state index in [2.05, 4.69) is 24.2 Å². The summed E-state index contributed by atoms with van der Waals surface area (Å²) in [5, 5.41) is 3.33. The van der Waals surface area contributed by atoms with Gasteiger partial charge >= 0.3 is 0 Å². The largest absolute Gasteiger partial charge is 0.379 e. The van der Waals surface area contributed by atoms with Crippen molar-refractivity contribution < 1.29 is 0 Å². The molecule has 1 heterocycles. The summed E-state index contributed by atoms with van der Waals surface area (Å²) in [5.41, 5.74) is 3.47. The Morgan fingerprint density at radius 1 is 1.30 bits per heavy atom. The average Bonchev–Trinajstić information content (AvgIpc) is 1.84. The minimum Gasteiger partial charge on any atom is -0.379 e. The van der Waals surface area contributed by atoms with Crippen LogP contribution in [0.2, 0.25) is 0 Å². The van der Waals surface area contributed by atoms with Crippen LogP contribution in [-0.2, 0) is 0 Å². The van der Waals surface area contributed by atoms with Gasteiger partial charge in [0.15, 0.2) is 0 Å². The SMILES string of the molecule is CC1=NC(C)=C(C)NC1C. The molecule has 0 aliphatic carbocycles. The minimum absolute atomic E-state index is 0.406. The van der Waals surface area contributed by atoms with Crippen LogP contribution in [0.4, 0.5) is 0 Å². The standard InChI is InChI=1S/C8H14N2/c1-5-6(2)10-8(4)7(3)9-5/h5,9H,1-4H3. The molecule has 0 radical (unpaired) electrons. The molecule has 0 aromatic carbocycles. The molecule has 1 rings (SSSR count). The lowest BCUT2D eigenvalue weighted by Crippen LogP contribution is -2.34. The monoisotopic (exact) mass is 138 g/mol. The highest BCUT2D eigenvalue weighted by atomic mass is 15.0. The van der Waals surface area contributed by atoms with E-state index in [0.717, 1.165) is 5.70 Å². The van der Waals surface area contributed by atoms with Crippen LogP contribution >= 0.6 is 0 Å². The Hall–Kier alpha value is -0.790. The highest BCUT2D eigenvalue weighted by Crippen LogP contribution is 2.09. The summed E-state index contributed by atoms with van der Waals surface area (Å²) < 4.78 is 0. The van der Waals surface area contributed by atoms with E-state index in [4.69, 9.17) is 0 Å². The smallest absolute Gasteiger partial charge is 0.0612 e. The Morgan fingerprint density at radius 2 is 1.90 bits per heavy atom. The normalized spacial score (nSPS) is 26.0. The summed E-state index contributed by atoms with van der Waals surface area (Å²) in [4.78, 5) is 4.38. The number of hydrogen-bond donors (Lipinski definition) is 1. The van der Waals surface area contributed by atoms with Gasteiger partial charge in [-0.15, -0.1) is 0 Å². The first-order valence-corrected chi connectivity index (χ1v) is 3.60. The fourth-order valence-corrected chi connectivity index (χ4v) is 0.979. The fourth-order valence-electron chi connectivity index (χ4n) is 0.979. The van der Waals surface area contributed by atoms with Gasteiger partial charge in [-0.25, -0.2) is 0 Å². The van der Waals surface area contributed by atoms with Gasteiger partial charge in [0.1, 0.15) is 0 Å². The highest BCUT2D eigenvalue weighted by molar-refractivity contribution is 5.88. The molecule has 2 nitrogen and oxygen atoms in total. The number of rotatable bonds is 0. The third-order valence-corrected chi connectivity index (χ3v) is 1.95. The first kappa shape index (κ1) is 7.32. The van der Waals surface area contributed by atoms with Crippen molar-refractivity contribution in [3.05, 3.63) is 11.4 Å². The summed E-state index contributed by atoms with van der Waals surface area (Å²) in [6, 6.07) is 0.406. The van der Waals surface area contributed by atoms with E-state index >= 15 is 0 Å². The molecule has 0 saturated carbocycles. The second-order valence-corrected chi connectivity index (χ2v) is 2.83. The molecule has 0 amide bonds. The van der Waals surface area contributed by atoms with Crippen LogP contribution in [0.3, 0.4) is 0 Å². The highest BCUT2D eigenvalue weighted by Gasteiger charge is 2.11. The fraction of sp³-hybridized carbons (Fsp3) is 0.625. The first-order valence-electron chi connectivity index (χ1n) is 3.60. The van der Waals surface area contributed by atoms with Crippen molar-refractivity contribution in [2.45, 2.75) is 33.7 Å². The van der Waals surface area contributed by atoms with Crippen LogP contribution in [0.5, 0.6) is 0 Å². The van der Waals surface area contributed by atoms with E-state index in [1.807, 2.05) is 13.8 Å². The van der Waals surface area contributed by atoms with Gasteiger partial charge in [-0.3, -0.25) is 4.99 Å². The van der Waals surface area contributed by atoms with Crippen molar-refractivity contribution >= 4 is 5.71 Å². The molecule has 0 fully saturated rings. The molecular formula is C8H14N2. The molecule has 1 unspecified atom stereocenters. The maximum Gasteiger partial charge on any atom is 0.0612 e. The zero-order valence-corrected chi connectivity index (χ0v) is 7.02.